The Morgan fingerprint density at radius 2 is 1.86 bits per heavy atom. The van der Waals surface area contributed by atoms with Crippen molar-refractivity contribution in [3.63, 3.8) is 0 Å². The van der Waals surface area contributed by atoms with Crippen molar-refractivity contribution in [1.82, 2.24) is 0 Å². The van der Waals surface area contributed by atoms with Gasteiger partial charge in [-0.15, -0.1) is 0 Å². The van der Waals surface area contributed by atoms with Crippen LogP contribution in [-0.4, -0.2) is 18.9 Å². The number of hydrogen-bond donors (Lipinski definition) is 0. The molecule has 6 saturated carbocycles. The molecule has 4 atom stereocenters. The first kappa shape index (κ1) is 6.59. The van der Waals surface area contributed by atoms with E-state index in [1.54, 1.807) is 0 Å². The van der Waals surface area contributed by atoms with Gasteiger partial charge in [0.1, 0.15) is 5.78 Å². The highest BCUT2D eigenvalue weighted by atomic mass is 16.5. The van der Waals surface area contributed by atoms with E-state index in [-0.39, 0.29) is 17.3 Å². The Morgan fingerprint density at radius 3 is 2.36 bits per heavy atom. The van der Waals surface area contributed by atoms with Gasteiger partial charge in [-0.1, -0.05) is 0 Å². The van der Waals surface area contributed by atoms with Crippen molar-refractivity contribution in [3.05, 3.63) is 0 Å². The Labute approximate surface area is 80.8 Å². The molecule has 0 amide bonds. The van der Waals surface area contributed by atoms with E-state index in [4.69, 9.17) is 4.74 Å². The molecule has 2 bridgehead atoms. The average molecular weight is 190 g/mol. The normalized spacial score (nSPS) is 72.6. The Bertz CT molecular complexity index is 406. The van der Waals surface area contributed by atoms with Crippen molar-refractivity contribution in [2.75, 3.05) is 7.11 Å². The van der Waals surface area contributed by atoms with Gasteiger partial charge in [0.25, 0.3) is 0 Å². The van der Waals surface area contributed by atoms with Gasteiger partial charge in [-0.3, -0.25) is 9.59 Å². The van der Waals surface area contributed by atoms with Gasteiger partial charge >= 0.3 is 5.97 Å². The maximum atomic E-state index is 11.8. The summed E-state index contributed by atoms with van der Waals surface area (Å²) in [4.78, 5) is 23.5. The molecule has 6 aliphatic rings. The fraction of sp³-hybridized carbons (Fsp3) is 0.818. The minimum Gasteiger partial charge on any atom is -0.469 e. The van der Waals surface area contributed by atoms with Crippen molar-refractivity contribution < 1.29 is 14.3 Å². The van der Waals surface area contributed by atoms with Crippen LogP contribution in [-0.2, 0) is 14.3 Å². The second-order valence-electron chi connectivity index (χ2n) is 5.61. The van der Waals surface area contributed by atoms with Gasteiger partial charge in [-0.2, -0.15) is 0 Å². The maximum absolute atomic E-state index is 11.8. The summed E-state index contributed by atoms with van der Waals surface area (Å²) in [6.07, 6.45) is 0. The first-order valence-corrected chi connectivity index (χ1v) is 5.38. The summed E-state index contributed by atoms with van der Waals surface area (Å²) in [5.41, 5.74) is -0.141. The van der Waals surface area contributed by atoms with E-state index in [0.29, 0.717) is 41.3 Å². The molecule has 0 spiro atoms. The number of carbonyl (C=O) groups excluding carboxylic acids is 2. The lowest BCUT2D eigenvalue weighted by Gasteiger charge is -2.88. The molecule has 3 nitrogen and oxygen atoms in total. The number of esters is 1. The van der Waals surface area contributed by atoms with Crippen LogP contribution in [0, 0.1) is 46.8 Å². The quantitative estimate of drug-likeness (QED) is 0.551. The molecule has 0 radical (unpaired) electrons. The third-order valence-electron chi connectivity index (χ3n) is 6.11. The third kappa shape index (κ3) is 0.270. The van der Waals surface area contributed by atoms with Crippen LogP contribution in [0.15, 0.2) is 0 Å². The zero-order chi connectivity index (χ0) is 9.40. The number of carbonyl (C=O) groups is 2. The number of methoxy groups -OCH3 is 1. The zero-order valence-electron chi connectivity index (χ0n) is 7.77. The summed E-state index contributed by atoms with van der Waals surface area (Å²) in [5, 5.41) is 0. The molecular weight excluding hydrogens is 180 g/mol. The highest BCUT2D eigenvalue weighted by Gasteiger charge is 3.02. The van der Waals surface area contributed by atoms with Crippen molar-refractivity contribution in [2.24, 2.45) is 46.8 Å². The summed E-state index contributed by atoms with van der Waals surface area (Å²) in [6, 6.07) is 0. The lowest BCUT2D eigenvalue weighted by Crippen LogP contribution is -2.90. The number of ether oxygens (including phenoxy) is 1. The molecule has 6 aliphatic carbocycles. The van der Waals surface area contributed by atoms with Crippen molar-refractivity contribution in [2.45, 2.75) is 0 Å². The summed E-state index contributed by atoms with van der Waals surface area (Å²) >= 11 is 0. The van der Waals surface area contributed by atoms with Gasteiger partial charge in [-0.05, 0) is 29.6 Å². The Morgan fingerprint density at radius 1 is 1.21 bits per heavy atom. The lowest BCUT2D eigenvalue weighted by atomic mass is 9.13. The van der Waals surface area contributed by atoms with Crippen molar-refractivity contribution in [3.8, 4) is 0 Å². The fourth-order valence-electron chi connectivity index (χ4n) is 6.13. The summed E-state index contributed by atoms with van der Waals surface area (Å²) in [5.74, 6) is 3.70. The predicted octanol–water partition coefficient (Wildman–Crippen LogP) is 0.0963. The van der Waals surface area contributed by atoms with Crippen LogP contribution in [0.3, 0.4) is 0 Å². The predicted molar refractivity (Wildman–Crippen MR) is 43.9 cm³/mol. The van der Waals surface area contributed by atoms with Crippen LogP contribution in [0.5, 0.6) is 0 Å². The standard InChI is InChI=1S/C11H10O3/c1-14-10(13)11-6-3-2-4(6)8(11)5(7(3)11)9(2)12/h2-8H,1H3. The van der Waals surface area contributed by atoms with E-state index in [2.05, 4.69) is 0 Å². The summed E-state index contributed by atoms with van der Waals surface area (Å²) in [6.45, 7) is 0. The highest BCUT2D eigenvalue weighted by molar-refractivity contribution is 6.02. The number of hydrogen-bond acceptors (Lipinski definition) is 3. The Kier molecular flexibility index (Phi) is 0.646. The Balaban J connectivity index is 1.69. The summed E-state index contributed by atoms with van der Waals surface area (Å²) in [7, 11) is 1.47. The Hall–Kier alpha value is -0.860. The molecule has 4 unspecified atom stereocenters. The van der Waals surface area contributed by atoms with Crippen molar-refractivity contribution >= 4 is 11.8 Å². The molecule has 72 valence electrons. The van der Waals surface area contributed by atoms with Crippen LogP contribution >= 0.6 is 0 Å². The molecule has 0 aromatic carbocycles. The van der Waals surface area contributed by atoms with Gasteiger partial charge in [-0.25, -0.2) is 0 Å². The molecule has 0 heterocycles. The number of Topliss-reactive ketones (excluding diaryl/α,β-unsaturated/α-hetero) is 1. The monoisotopic (exact) mass is 190 g/mol. The molecule has 6 fully saturated rings. The molecule has 3 heteroatoms. The van der Waals surface area contributed by atoms with Gasteiger partial charge in [0.05, 0.1) is 12.5 Å². The highest BCUT2D eigenvalue weighted by Crippen LogP contribution is 2.98. The van der Waals surface area contributed by atoms with Gasteiger partial charge in [0, 0.05) is 11.8 Å². The second-order valence-corrected chi connectivity index (χ2v) is 5.61. The van der Waals surface area contributed by atoms with Crippen LogP contribution in [0.4, 0.5) is 0 Å². The first-order valence-electron chi connectivity index (χ1n) is 5.38. The van der Waals surface area contributed by atoms with Gasteiger partial charge in [0.2, 0.25) is 0 Å². The van der Waals surface area contributed by atoms with E-state index in [0.717, 1.165) is 0 Å². The topological polar surface area (TPSA) is 43.4 Å². The molecule has 0 N–H and O–H groups in total. The van der Waals surface area contributed by atoms with Gasteiger partial charge in [0.15, 0.2) is 0 Å². The van der Waals surface area contributed by atoms with Gasteiger partial charge < -0.3 is 4.74 Å². The number of rotatable bonds is 1. The largest absolute Gasteiger partial charge is 0.469 e. The maximum Gasteiger partial charge on any atom is 0.312 e. The summed E-state index contributed by atoms with van der Waals surface area (Å²) < 4.78 is 4.90. The molecular formula is C11H10O3. The van der Waals surface area contributed by atoms with Crippen LogP contribution in [0.25, 0.3) is 0 Å². The molecule has 0 saturated heterocycles. The first-order chi connectivity index (χ1) is 6.76. The SMILES string of the molecule is COC(=O)C12C3C4C(=O)C5C3C1C5C42. The van der Waals surface area contributed by atoms with E-state index < -0.39 is 0 Å². The molecule has 0 aliphatic heterocycles. The van der Waals surface area contributed by atoms with E-state index >= 15 is 0 Å². The van der Waals surface area contributed by atoms with Crippen LogP contribution in [0.2, 0.25) is 0 Å². The molecule has 0 aromatic rings. The average Bonchev–Trinajstić information content (AvgIpc) is 2.41. The molecule has 0 aromatic heterocycles. The van der Waals surface area contributed by atoms with E-state index in [9.17, 15) is 9.59 Å². The lowest BCUT2D eigenvalue weighted by molar-refractivity contribution is -0.430. The smallest absolute Gasteiger partial charge is 0.312 e. The van der Waals surface area contributed by atoms with Crippen LogP contribution < -0.4 is 0 Å². The minimum atomic E-state index is -0.141. The van der Waals surface area contributed by atoms with Crippen molar-refractivity contribution in [1.29, 1.82) is 0 Å². The van der Waals surface area contributed by atoms with E-state index in [1.807, 2.05) is 0 Å². The number of ketones is 1. The fourth-order valence-corrected chi connectivity index (χ4v) is 6.13. The minimum absolute atomic E-state index is 0.0191. The third-order valence-corrected chi connectivity index (χ3v) is 6.11. The van der Waals surface area contributed by atoms with E-state index in [1.165, 1.54) is 7.11 Å². The second kappa shape index (κ2) is 1.37. The molecule has 6 rings (SSSR count). The molecule has 14 heavy (non-hydrogen) atoms. The van der Waals surface area contributed by atoms with Crippen LogP contribution in [0.1, 0.15) is 0 Å². The zero-order valence-corrected chi connectivity index (χ0v) is 7.77.